The number of carbonyl (C=O) groups excluding carboxylic acids is 1. The molecule has 3 rings (SSSR count). The summed E-state index contributed by atoms with van der Waals surface area (Å²) in [6.07, 6.45) is 0.945. The molecule has 20 heavy (non-hydrogen) atoms. The van der Waals surface area contributed by atoms with Gasteiger partial charge in [-0.25, -0.2) is 0 Å². The molecule has 1 aliphatic rings. The Kier molecular flexibility index (Phi) is 3.37. The SMILES string of the molecule is CCCOc1ccccc1N1CC(=O)c2[nH]nnc2C1. The molecule has 0 saturated carbocycles. The number of carbonyl (C=O) groups is 1. The number of ketones is 1. The fourth-order valence-corrected chi connectivity index (χ4v) is 2.30. The van der Waals surface area contributed by atoms with Crippen LogP contribution < -0.4 is 9.64 Å². The van der Waals surface area contributed by atoms with Gasteiger partial charge in [0.25, 0.3) is 0 Å². The number of H-pyrrole nitrogens is 1. The van der Waals surface area contributed by atoms with Gasteiger partial charge in [-0.1, -0.05) is 24.3 Å². The van der Waals surface area contributed by atoms with Gasteiger partial charge in [-0.05, 0) is 18.6 Å². The number of benzene rings is 1. The molecule has 0 fully saturated rings. The summed E-state index contributed by atoms with van der Waals surface area (Å²) < 4.78 is 5.75. The third-order valence-electron chi connectivity index (χ3n) is 3.24. The van der Waals surface area contributed by atoms with Crippen LogP contribution in [0, 0.1) is 0 Å². The third-order valence-corrected chi connectivity index (χ3v) is 3.24. The van der Waals surface area contributed by atoms with Crippen LogP contribution in [0.5, 0.6) is 5.75 Å². The maximum Gasteiger partial charge on any atom is 0.201 e. The standard InChI is InChI=1S/C14H16N4O2/c1-2-7-20-13-6-4-3-5-11(13)18-8-10-14(12(19)9-18)16-17-15-10/h3-6H,2,7-9H2,1H3,(H,15,16,17). The smallest absolute Gasteiger partial charge is 0.201 e. The van der Waals surface area contributed by atoms with Crippen LogP contribution in [0.4, 0.5) is 5.69 Å². The molecule has 0 bridgehead atoms. The fourth-order valence-electron chi connectivity index (χ4n) is 2.30. The summed E-state index contributed by atoms with van der Waals surface area (Å²) in [4.78, 5) is 14.0. The Morgan fingerprint density at radius 1 is 1.35 bits per heavy atom. The molecule has 0 atom stereocenters. The molecule has 1 aliphatic heterocycles. The molecule has 6 nitrogen and oxygen atoms in total. The molecule has 6 heteroatoms. The quantitative estimate of drug-likeness (QED) is 0.918. The summed E-state index contributed by atoms with van der Waals surface area (Å²) in [5.41, 5.74) is 2.13. The van der Waals surface area contributed by atoms with E-state index in [1.807, 2.05) is 29.2 Å². The maximum atomic E-state index is 12.1. The van der Waals surface area contributed by atoms with Crippen LogP contribution in [0.3, 0.4) is 0 Å². The van der Waals surface area contributed by atoms with Crippen LogP contribution in [-0.4, -0.2) is 34.3 Å². The molecule has 0 unspecified atom stereocenters. The molecule has 0 saturated heterocycles. The highest BCUT2D eigenvalue weighted by Gasteiger charge is 2.27. The average molecular weight is 272 g/mol. The van der Waals surface area contributed by atoms with Gasteiger partial charge in [0.05, 0.1) is 25.4 Å². The highest BCUT2D eigenvalue weighted by molar-refractivity contribution is 6.00. The second kappa shape index (κ2) is 5.32. The van der Waals surface area contributed by atoms with Gasteiger partial charge in [-0.15, -0.1) is 5.10 Å². The van der Waals surface area contributed by atoms with Crippen molar-refractivity contribution in [1.29, 1.82) is 0 Å². The van der Waals surface area contributed by atoms with Crippen molar-refractivity contribution in [2.24, 2.45) is 0 Å². The van der Waals surface area contributed by atoms with Crippen LogP contribution in [0.2, 0.25) is 0 Å². The summed E-state index contributed by atoms with van der Waals surface area (Å²) in [5, 5.41) is 10.3. The van der Waals surface area contributed by atoms with Crippen LogP contribution in [-0.2, 0) is 6.54 Å². The summed E-state index contributed by atoms with van der Waals surface area (Å²) in [6, 6.07) is 7.76. The molecule has 0 amide bonds. The van der Waals surface area contributed by atoms with E-state index in [4.69, 9.17) is 4.74 Å². The number of ether oxygens (including phenoxy) is 1. The average Bonchev–Trinajstić information content (AvgIpc) is 2.94. The largest absolute Gasteiger partial charge is 0.491 e. The lowest BCUT2D eigenvalue weighted by Crippen LogP contribution is -2.35. The van der Waals surface area contributed by atoms with Gasteiger partial charge in [0.2, 0.25) is 5.78 Å². The normalized spacial score (nSPS) is 14.2. The van der Waals surface area contributed by atoms with Gasteiger partial charge in [-0.3, -0.25) is 9.89 Å². The van der Waals surface area contributed by atoms with E-state index in [0.717, 1.165) is 17.9 Å². The zero-order chi connectivity index (χ0) is 13.9. The van der Waals surface area contributed by atoms with E-state index < -0.39 is 0 Å². The number of fused-ring (bicyclic) bond motifs is 1. The molecule has 2 heterocycles. The Morgan fingerprint density at radius 2 is 2.20 bits per heavy atom. The van der Waals surface area contributed by atoms with Crippen LogP contribution >= 0.6 is 0 Å². The first kappa shape index (κ1) is 12.7. The number of hydrogen-bond acceptors (Lipinski definition) is 5. The summed E-state index contributed by atoms with van der Waals surface area (Å²) in [6.45, 7) is 3.59. The van der Waals surface area contributed by atoms with Gasteiger partial charge in [0.15, 0.2) is 0 Å². The van der Waals surface area contributed by atoms with Gasteiger partial charge >= 0.3 is 0 Å². The van der Waals surface area contributed by atoms with E-state index in [9.17, 15) is 4.79 Å². The number of aromatic amines is 1. The van der Waals surface area contributed by atoms with Crippen LogP contribution in [0.15, 0.2) is 24.3 Å². The molecule has 2 aromatic rings. The van der Waals surface area contributed by atoms with E-state index in [1.54, 1.807) is 0 Å². The lowest BCUT2D eigenvalue weighted by molar-refractivity contribution is 0.0987. The number of rotatable bonds is 4. The van der Waals surface area contributed by atoms with Crippen molar-refractivity contribution >= 4 is 11.5 Å². The van der Waals surface area contributed by atoms with Gasteiger partial charge in [-0.2, -0.15) is 0 Å². The van der Waals surface area contributed by atoms with Crippen molar-refractivity contribution in [1.82, 2.24) is 15.4 Å². The zero-order valence-corrected chi connectivity index (χ0v) is 11.3. The molecule has 104 valence electrons. The number of aromatic nitrogens is 3. The van der Waals surface area contributed by atoms with Crippen LogP contribution in [0.25, 0.3) is 0 Å². The molecule has 1 aromatic carbocycles. The predicted molar refractivity (Wildman–Crippen MR) is 74.0 cm³/mol. The molecule has 0 radical (unpaired) electrons. The fraction of sp³-hybridized carbons (Fsp3) is 0.357. The minimum absolute atomic E-state index is 0.00143. The Morgan fingerprint density at radius 3 is 3.05 bits per heavy atom. The first-order valence-corrected chi connectivity index (χ1v) is 6.69. The minimum Gasteiger partial charge on any atom is -0.491 e. The van der Waals surface area contributed by atoms with Crippen molar-refractivity contribution in [3.63, 3.8) is 0 Å². The zero-order valence-electron chi connectivity index (χ0n) is 11.3. The predicted octanol–water partition coefficient (Wildman–Crippen LogP) is 1.80. The number of anilines is 1. The van der Waals surface area contributed by atoms with E-state index in [2.05, 4.69) is 22.3 Å². The molecular formula is C14H16N4O2. The number of para-hydroxylation sites is 2. The summed E-state index contributed by atoms with van der Waals surface area (Å²) in [7, 11) is 0. The van der Waals surface area contributed by atoms with E-state index in [-0.39, 0.29) is 5.78 Å². The lowest BCUT2D eigenvalue weighted by Gasteiger charge is -2.28. The Hall–Kier alpha value is -2.37. The second-order valence-corrected chi connectivity index (χ2v) is 4.73. The minimum atomic E-state index is 0.00143. The van der Waals surface area contributed by atoms with Gasteiger partial charge in [0, 0.05) is 0 Å². The number of nitrogens with one attached hydrogen (secondary N) is 1. The van der Waals surface area contributed by atoms with Crippen molar-refractivity contribution < 1.29 is 9.53 Å². The summed E-state index contributed by atoms with van der Waals surface area (Å²) in [5.74, 6) is 0.802. The molecule has 0 spiro atoms. The first-order valence-electron chi connectivity index (χ1n) is 6.69. The van der Waals surface area contributed by atoms with E-state index >= 15 is 0 Å². The monoisotopic (exact) mass is 272 g/mol. The van der Waals surface area contributed by atoms with Crippen LogP contribution in [0.1, 0.15) is 29.5 Å². The number of Topliss-reactive ketones (excluding diaryl/α,β-unsaturated/α-hetero) is 1. The second-order valence-electron chi connectivity index (χ2n) is 4.73. The van der Waals surface area contributed by atoms with Gasteiger partial charge < -0.3 is 9.64 Å². The maximum absolute atomic E-state index is 12.1. The topological polar surface area (TPSA) is 71.1 Å². The lowest BCUT2D eigenvalue weighted by atomic mass is 10.1. The third kappa shape index (κ3) is 2.24. The molecule has 1 N–H and O–H groups in total. The van der Waals surface area contributed by atoms with Crippen molar-refractivity contribution in [2.75, 3.05) is 18.1 Å². The number of hydrogen-bond donors (Lipinski definition) is 1. The van der Waals surface area contributed by atoms with E-state index in [0.29, 0.717) is 31.1 Å². The Balaban J connectivity index is 1.89. The van der Waals surface area contributed by atoms with Gasteiger partial charge in [0.1, 0.15) is 17.1 Å². The molecule has 1 aromatic heterocycles. The first-order chi connectivity index (χ1) is 9.79. The number of nitrogens with zero attached hydrogens (tertiary/aromatic N) is 3. The van der Waals surface area contributed by atoms with Crippen molar-refractivity contribution in [3.05, 3.63) is 35.7 Å². The van der Waals surface area contributed by atoms with Crippen molar-refractivity contribution in [2.45, 2.75) is 19.9 Å². The Bertz CT molecular complexity index is 623. The molecular weight excluding hydrogens is 256 g/mol. The highest BCUT2D eigenvalue weighted by Crippen LogP contribution is 2.31. The molecule has 0 aliphatic carbocycles. The summed E-state index contributed by atoms with van der Waals surface area (Å²) >= 11 is 0. The van der Waals surface area contributed by atoms with Crippen molar-refractivity contribution in [3.8, 4) is 5.75 Å². The Labute approximate surface area is 116 Å². The van der Waals surface area contributed by atoms with E-state index in [1.165, 1.54) is 0 Å². The highest BCUT2D eigenvalue weighted by atomic mass is 16.5.